The van der Waals surface area contributed by atoms with E-state index in [0.29, 0.717) is 0 Å². The maximum absolute atomic E-state index is 3.46. The van der Waals surface area contributed by atoms with Crippen molar-refractivity contribution in [3.63, 3.8) is 0 Å². The zero-order valence-electron chi connectivity index (χ0n) is 26.8. The van der Waals surface area contributed by atoms with Crippen molar-refractivity contribution in [1.82, 2.24) is 13.7 Å². The molecule has 0 aliphatic carbocycles. The first-order valence-electron chi connectivity index (χ1n) is 15.6. The molecule has 3 nitrogen and oxygen atoms in total. The molecule has 0 aliphatic heterocycles. The molecule has 3 heterocycles. The number of nitrogens with zero attached hydrogens (tertiary/aromatic N) is 3. The number of allylic oxidation sites excluding steroid dienone is 4. The number of rotatable bonds is 4. The molecule has 226 valence electrons. The van der Waals surface area contributed by atoms with Crippen molar-refractivity contribution in [2.24, 2.45) is 7.05 Å². The minimum Gasteiger partial charge on any atom is -0.344 e. The Hall–Kier alpha value is -5.80. The summed E-state index contributed by atoms with van der Waals surface area (Å²) in [5.41, 5.74) is 10.1. The third-order valence-electron chi connectivity index (χ3n) is 8.36. The number of hydrogen-bond donors (Lipinski definition) is 0. The fraction of sp³-hybridized carbons (Fsp3) is 0.0698. The quantitative estimate of drug-likeness (QED) is 0.179. The lowest BCUT2D eigenvalue weighted by atomic mass is 10.1. The Morgan fingerprint density at radius 3 is 1.74 bits per heavy atom. The summed E-state index contributed by atoms with van der Waals surface area (Å²) < 4.78 is 6.88. The highest BCUT2D eigenvalue weighted by Crippen LogP contribution is 2.34. The third kappa shape index (κ3) is 5.83. The molecule has 0 aliphatic rings. The number of aromatic nitrogens is 3. The van der Waals surface area contributed by atoms with Gasteiger partial charge in [-0.2, -0.15) is 0 Å². The van der Waals surface area contributed by atoms with Gasteiger partial charge in [0.1, 0.15) is 0 Å². The molecule has 0 saturated carbocycles. The van der Waals surface area contributed by atoms with Gasteiger partial charge in [-0.05, 0) is 74.0 Å². The predicted octanol–water partition coefficient (Wildman–Crippen LogP) is 11.4. The number of benzene rings is 5. The van der Waals surface area contributed by atoms with Gasteiger partial charge in [-0.15, -0.1) is 0 Å². The third-order valence-corrected chi connectivity index (χ3v) is 8.36. The first kappa shape index (κ1) is 30.2. The van der Waals surface area contributed by atoms with E-state index >= 15 is 0 Å². The molecule has 0 bridgehead atoms. The van der Waals surface area contributed by atoms with Crippen molar-refractivity contribution in [2.45, 2.75) is 13.8 Å². The number of hydrogen-bond acceptors (Lipinski definition) is 0. The van der Waals surface area contributed by atoms with E-state index in [2.05, 4.69) is 175 Å². The van der Waals surface area contributed by atoms with Gasteiger partial charge in [0.2, 0.25) is 0 Å². The fourth-order valence-electron chi connectivity index (χ4n) is 6.23. The van der Waals surface area contributed by atoms with Crippen molar-refractivity contribution in [3.05, 3.63) is 182 Å². The molecule has 0 saturated heterocycles. The molecule has 5 aromatic carbocycles. The molecule has 0 unspecified atom stereocenters. The molecule has 3 heteroatoms. The lowest BCUT2D eigenvalue weighted by Gasteiger charge is -2.08. The molecule has 0 fully saturated rings. The molecule has 8 rings (SSSR count). The molecular weight excluding hydrogens is 558 g/mol. The second-order valence-corrected chi connectivity index (χ2v) is 11.4. The smallest absolute Gasteiger partial charge is 0.0539 e. The van der Waals surface area contributed by atoms with Crippen molar-refractivity contribution < 1.29 is 0 Å². The summed E-state index contributed by atoms with van der Waals surface area (Å²) in [7, 11) is 2.15. The average molecular weight is 598 g/mol. The highest BCUT2D eigenvalue weighted by atomic mass is 15.0. The average Bonchev–Trinajstić information content (AvgIpc) is 3.72. The van der Waals surface area contributed by atoms with Gasteiger partial charge in [-0.25, -0.2) is 0 Å². The monoisotopic (exact) mass is 597 g/mol. The highest BCUT2D eigenvalue weighted by Gasteiger charge is 2.13. The normalized spacial score (nSPS) is 11.0. The van der Waals surface area contributed by atoms with Gasteiger partial charge in [0, 0.05) is 62.9 Å². The molecule has 0 N–H and O–H groups in total. The van der Waals surface area contributed by atoms with Crippen molar-refractivity contribution in [2.75, 3.05) is 0 Å². The van der Waals surface area contributed by atoms with Crippen LogP contribution in [-0.4, -0.2) is 13.7 Å². The Morgan fingerprint density at radius 2 is 1.09 bits per heavy atom. The van der Waals surface area contributed by atoms with E-state index in [1.54, 1.807) is 12.2 Å². The van der Waals surface area contributed by atoms with E-state index in [1.807, 2.05) is 18.2 Å². The lowest BCUT2D eigenvalue weighted by molar-refractivity contribution is 1.01. The highest BCUT2D eigenvalue weighted by molar-refractivity contribution is 6.12. The second-order valence-electron chi connectivity index (χ2n) is 11.4. The van der Waals surface area contributed by atoms with Gasteiger partial charge >= 0.3 is 0 Å². The maximum Gasteiger partial charge on any atom is 0.0539 e. The Kier molecular flexibility index (Phi) is 8.84. The Bertz CT molecular complexity index is 2300. The largest absolute Gasteiger partial charge is 0.344 e. The molecule has 8 aromatic rings. The minimum absolute atomic E-state index is 1.21. The van der Waals surface area contributed by atoms with Crippen LogP contribution in [-0.2, 0) is 7.05 Å². The summed E-state index contributed by atoms with van der Waals surface area (Å²) in [5, 5.41) is 5.24. The summed E-state index contributed by atoms with van der Waals surface area (Å²) >= 11 is 0. The summed E-state index contributed by atoms with van der Waals surface area (Å²) in [5.74, 6) is 0. The Morgan fingerprint density at radius 1 is 0.522 bits per heavy atom. The number of fused-ring (bicyclic) bond motifs is 5. The van der Waals surface area contributed by atoms with Crippen molar-refractivity contribution in [3.8, 4) is 11.4 Å². The molecule has 0 amide bonds. The van der Waals surface area contributed by atoms with Crippen LogP contribution in [0.5, 0.6) is 0 Å². The van der Waals surface area contributed by atoms with Crippen LogP contribution < -0.4 is 0 Å². The summed E-state index contributed by atoms with van der Waals surface area (Å²) in [6.07, 6.45) is 9.27. The number of aryl methyl sites for hydroxylation is 3. The molecule has 0 spiro atoms. The van der Waals surface area contributed by atoms with Crippen LogP contribution in [0.3, 0.4) is 0 Å². The van der Waals surface area contributed by atoms with E-state index in [4.69, 9.17) is 0 Å². The zero-order valence-corrected chi connectivity index (χ0v) is 26.8. The zero-order chi connectivity index (χ0) is 32.0. The second kappa shape index (κ2) is 13.5. The first-order valence-corrected chi connectivity index (χ1v) is 15.6. The molecular formula is C43H39N3. The van der Waals surface area contributed by atoms with E-state index < -0.39 is 0 Å². The number of para-hydroxylation sites is 4. The Balaban J connectivity index is 0.000000146. The van der Waals surface area contributed by atoms with E-state index in [0.717, 1.165) is 0 Å². The topological polar surface area (TPSA) is 14.8 Å². The van der Waals surface area contributed by atoms with Crippen LogP contribution in [0.1, 0.15) is 11.3 Å². The van der Waals surface area contributed by atoms with Crippen LogP contribution in [0.2, 0.25) is 0 Å². The van der Waals surface area contributed by atoms with Gasteiger partial charge in [0.25, 0.3) is 0 Å². The Labute approximate surface area is 271 Å². The SMILES string of the molecule is C=C/C=C\C=C.Cc1cc2cc3c(cc2n1-c1ccccc1)c1ccccc1n3C.Cc1cn(-c2ccccc2)c2ccccc12. The van der Waals surface area contributed by atoms with Crippen LogP contribution in [0.15, 0.2) is 171 Å². The van der Waals surface area contributed by atoms with Crippen molar-refractivity contribution in [1.29, 1.82) is 0 Å². The van der Waals surface area contributed by atoms with Gasteiger partial charge in [-0.3, -0.25) is 0 Å². The summed E-state index contributed by atoms with van der Waals surface area (Å²) in [6, 6.07) is 45.1. The van der Waals surface area contributed by atoms with Crippen molar-refractivity contribution >= 4 is 43.6 Å². The van der Waals surface area contributed by atoms with Crippen LogP contribution in [0.4, 0.5) is 0 Å². The first-order chi connectivity index (χ1) is 22.5. The maximum atomic E-state index is 3.46. The van der Waals surface area contributed by atoms with Gasteiger partial charge in [0.05, 0.1) is 11.0 Å². The van der Waals surface area contributed by atoms with Gasteiger partial charge in [0.15, 0.2) is 0 Å². The fourth-order valence-corrected chi connectivity index (χ4v) is 6.23. The van der Waals surface area contributed by atoms with E-state index in [1.165, 1.54) is 66.2 Å². The molecule has 3 aromatic heterocycles. The van der Waals surface area contributed by atoms with E-state index in [9.17, 15) is 0 Å². The molecule has 0 radical (unpaired) electrons. The minimum atomic E-state index is 1.21. The van der Waals surface area contributed by atoms with Crippen LogP contribution in [0.25, 0.3) is 55.0 Å². The molecule has 46 heavy (non-hydrogen) atoms. The van der Waals surface area contributed by atoms with E-state index in [-0.39, 0.29) is 0 Å². The van der Waals surface area contributed by atoms with Crippen LogP contribution in [0, 0.1) is 13.8 Å². The van der Waals surface area contributed by atoms with Crippen LogP contribution >= 0.6 is 0 Å². The predicted molar refractivity (Wildman–Crippen MR) is 200 cm³/mol. The summed E-state index contributed by atoms with van der Waals surface area (Å²) in [4.78, 5) is 0. The summed E-state index contributed by atoms with van der Waals surface area (Å²) in [6.45, 7) is 11.3. The lowest BCUT2D eigenvalue weighted by Crippen LogP contribution is -1.95. The van der Waals surface area contributed by atoms with Gasteiger partial charge in [-0.1, -0.05) is 110 Å². The molecule has 0 atom stereocenters. The standard InChI is InChI=1S/C22H18N2.C15H13N.C6H8/c1-15-12-16-13-22-19(18-10-6-7-11-20(18)23(22)2)14-21(16)24(15)17-8-4-3-5-9-17;1-12-11-16(13-7-3-2-4-8-13)15-10-6-5-9-14(12)15;1-3-5-6-4-2/h3-14H,1-2H3;2-11H,1H3;3-6H,1-2H2/b;;6-5-. The van der Waals surface area contributed by atoms with Gasteiger partial charge < -0.3 is 13.7 Å².